The minimum absolute atomic E-state index is 0.731. The number of likely N-dealkylation sites (tertiary alicyclic amines) is 1. The number of hydrogen-bond acceptors (Lipinski definition) is 3. The van der Waals surface area contributed by atoms with Crippen molar-refractivity contribution in [1.29, 1.82) is 0 Å². The van der Waals surface area contributed by atoms with Gasteiger partial charge in [-0.2, -0.15) is 0 Å². The molecule has 0 aromatic rings. The second kappa shape index (κ2) is 2.49. The van der Waals surface area contributed by atoms with Crippen LogP contribution in [0.4, 0.5) is 0 Å². The van der Waals surface area contributed by atoms with Gasteiger partial charge in [-0.25, -0.2) is 0 Å². The molecule has 0 aliphatic carbocycles. The van der Waals surface area contributed by atoms with Gasteiger partial charge in [-0.3, -0.25) is 4.90 Å². The summed E-state index contributed by atoms with van der Waals surface area (Å²) in [5.74, 6) is 0. The van der Waals surface area contributed by atoms with E-state index in [4.69, 9.17) is 5.73 Å². The van der Waals surface area contributed by atoms with Gasteiger partial charge in [0.2, 0.25) is 0 Å². The van der Waals surface area contributed by atoms with Gasteiger partial charge in [0.15, 0.2) is 0 Å². The summed E-state index contributed by atoms with van der Waals surface area (Å²) in [5, 5.41) is 3.56. The molecular weight excluding hydrogens is 126 g/mol. The summed E-state index contributed by atoms with van der Waals surface area (Å²) in [6.07, 6.45) is 2.70. The molecule has 3 N–H and O–H groups in total. The highest BCUT2D eigenvalue weighted by Crippen LogP contribution is 2.18. The number of hydrogen-bond donors (Lipinski definition) is 2. The zero-order chi connectivity index (χ0) is 6.97. The van der Waals surface area contributed by atoms with Crippen molar-refractivity contribution in [1.82, 2.24) is 10.2 Å². The molecule has 58 valence electrons. The van der Waals surface area contributed by atoms with Crippen LogP contribution in [0, 0.1) is 0 Å². The van der Waals surface area contributed by atoms with E-state index in [0.29, 0.717) is 0 Å². The average molecular weight is 141 g/mol. The van der Waals surface area contributed by atoms with Gasteiger partial charge in [0.05, 0.1) is 0 Å². The first-order chi connectivity index (χ1) is 4.88. The number of nitrogens with one attached hydrogen (secondary N) is 1. The van der Waals surface area contributed by atoms with Crippen LogP contribution in [0.3, 0.4) is 0 Å². The Labute approximate surface area is 61.6 Å². The smallest absolute Gasteiger partial charge is 0.0456 e. The molecule has 10 heavy (non-hydrogen) atoms. The monoisotopic (exact) mass is 141 g/mol. The van der Waals surface area contributed by atoms with Gasteiger partial charge in [-0.15, -0.1) is 0 Å². The van der Waals surface area contributed by atoms with Crippen LogP contribution >= 0.6 is 0 Å². The maximum Gasteiger partial charge on any atom is 0.0456 e. The van der Waals surface area contributed by atoms with Gasteiger partial charge in [0, 0.05) is 31.8 Å². The van der Waals surface area contributed by atoms with Crippen LogP contribution in [0.5, 0.6) is 0 Å². The third-order valence-corrected chi connectivity index (χ3v) is 2.55. The largest absolute Gasteiger partial charge is 0.318 e. The minimum Gasteiger partial charge on any atom is -0.318 e. The average Bonchev–Trinajstić information content (AvgIpc) is 2.30. The van der Waals surface area contributed by atoms with Gasteiger partial charge in [0.1, 0.15) is 0 Å². The Morgan fingerprint density at radius 1 is 1.30 bits per heavy atom. The van der Waals surface area contributed by atoms with Gasteiger partial charge >= 0.3 is 0 Å². The molecule has 2 fully saturated rings. The lowest BCUT2D eigenvalue weighted by atomic mass is 10.2. The van der Waals surface area contributed by atoms with Crippen molar-refractivity contribution < 1.29 is 0 Å². The molecule has 3 nitrogen and oxygen atoms in total. The van der Waals surface area contributed by atoms with E-state index in [0.717, 1.165) is 31.8 Å². The molecule has 2 aliphatic heterocycles. The van der Waals surface area contributed by atoms with Gasteiger partial charge in [-0.1, -0.05) is 0 Å². The first-order valence-electron chi connectivity index (χ1n) is 4.07. The molecule has 2 heterocycles. The number of fused-ring (bicyclic) bond motifs is 2. The first kappa shape index (κ1) is 6.58. The molecule has 0 amide bonds. The van der Waals surface area contributed by atoms with Crippen molar-refractivity contribution in [3.05, 3.63) is 0 Å². The van der Waals surface area contributed by atoms with E-state index < -0.39 is 0 Å². The highest BCUT2D eigenvalue weighted by atomic mass is 15.3. The van der Waals surface area contributed by atoms with Gasteiger partial charge < -0.3 is 11.1 Å². The van der Waals surface area contributed by atoms with E-state index in [1.54, 1.807) is 0 Å². The van der Waals surface area contributed by atoms with Gasteiger partial charge in [-0.05, 0) is 12.8 Å². The summed E-state index contributed by atoms with van der Waals surface area (Å²) in [5.41, 5.74) is 5.55. The molecule has 2 rings (SSSR count). The summed E-state index contributed by atoms with van der Waals surface area (Å²) in [4.78, 5) is 2.33. The fraction of sp³-hybridized carbons (Fsp3) is 1.00. The summed E-state index contributed by atoms with van der Waals surface area (Å²) in [7, 11) is 0. The fourth-order valence-electron chi connectivity index (χ4n) is 2.04. The first-order valence-corrected chi connectivity index (χ1v) is 4.07. The van der Waals surface area contributed by atoms with Crippen LogP contribution in [0.1, 0.15) is 12.8 Å². The summed E-state index contributed by atoms with van der Waals surface area (Å²) >= 11 is 0. The van der Waals surface area contributed by atoms with Crippen LogP contribution in [0.2, 0.25) is 0 Å². The minimum atomic E-state index is 0.731. The highest BCUT2D eigenvalue weighted by molar-refractivity contribution is 4.91. The Hall–Kier alpha value is -0.120. The molecule has 0 aromatic carbocycles. The van der Waals surface area contributed by atoms with Crippen LogP contribution < -0.4 is 11.1 Å². The maximum absolute atomic E-state index is 5.55. The molecule has 0 spiro atoms. The lowest BCUT2D eigenvalue weighted by Gasteiger charge is -2.31. The van der Waals surface area contributed by atoms with E-state index in [9.17, 15) is 0 Å². The third kappa shape index (κ3) is 1.05. The molecule has 2 atom stereocenters. The van der Waals surface area contributed by atoms with Crippen LogP contribution in [0.15, 0.2) is 0 Å². The SMILES string of the molecule is NCN1CC2CCC(C1)N2. The van der Waals surface area contributed by atoms with Crippen molar-refractivity contribution in [3.63, 3.8) is 0 Å². The Kier molecular flexibility index (Phi) is 1.64. The molecule has 3 heteroatoms. The van der Waals surface area contributed by atoms with Crippen molar-refractivity contribution in [2.45, 2.75) is 24.9 Å². The number of piperazine rings is 1. The second-order valence-corrected chi connectivity index (χ2v) is 3.36. The summed E-state index contributed by atoms with van der Waals surface area (Å²) in [6.45, 7) is 3.05. The molecular formula is C7H15N3. The number of nitrogens with two attached hydrogens (primary N) is 1. The number of nitrogens with zero attached hydrogens (tertiary/aromatic N) is 1. The van der Waals surface area contributed by atoms with E-state index >= 15 is 0 Å². The Morgan fingerprint density at radius 2 is 1.90 bits per heavy atom. The molecule has 0 saturated carbocycles. The third-order valence-electron chi connectivity index (χ3n) is 2.55. The van der Waals surface area contributed by atoms with E-state index in [2.05, 4.69) is 10.2 Å². The number of rotatable bonds is 1. The topological polar surface area (TPSA) is 41.3 Å². The lowest BCUT2D eigenvalue weighted by molar-refractivity contribution is 0.201. The van der Waals surface area contributed by atoms with Crippen LogP contribution in [-0.2, 0) is 0 Å². The van der Waals surface area contributed by atoms with Gasteiger partial charge in [0.25, 0.3) is 0 Å². The molecule has 0 radical (unpaired) electrons. The van der Waals surface area contributed by atoms with Crippen molar-refractivity contribution in [2.75, 3.05) is 19.8 Å². The zero-order valence-corrected chi connectivity index (χ0v) is 6.21. The Bertz CT molecular complexity index is 114. The van der Waals surface area contributed by atoms with Crippen molar-refractivity contribution >= 4 is 0 Å². The molecule has 2 saturated heterocycles. The molecule has 2 unspecified atom stereocenters. The standard InChI is InChI=1S/C7H15N3/c8-5-10-3-6-1-2-7(4-10)9-6/h6-7,9H,1-5,8H2. The van der Waals surface area contributed by atoms with E-state index in [-0.39, 0.29) is 0 Å². The summed E-state index contributed by atoms with van der Waals surface area (Å²) < 4.78 is 0. The Balaban J connectivity index is 1.96. The zero-order valence-electron chi connectivity index (χ0n) is 6.21. The quantitative estimate of drug-likeness (QED) is 0.509. The normalized spacial score (nSPS) is 40.5. The van der Waals surface area contributed by atoms with Crippen molar-refractivity contribution in [2.24, 2.45) is 5.73 Å². The lowest BCUT2D eigenvalue weighted by Crippen LogP contribution is -2.52. The fourth-order valence-corrected chi connectivity index (χ4v) is 2.04. The maximum atomic E-state index is 5.55. The Morgan fingerprint density at radius 3 is 2.40 bits per heavy atom. The van der Waals surface area contributed by atoms with Crippen LogP contribution in [0.25, 0.3) is 0 Å². The molecule has 2 bridgehead atoms. The summed E-state index contributed by atoms with van der Waals surface area (Å²) in [6, 6.07) is 1.48. The van der Waals surface area contributed by atoms with E-state index in [1.807, 2.05) is 0 Å². The van der Waals surface area contributed by atoms with Crippen molar-refractivity contribution in [3.8, 4) is 0 Å². The van der Waals surface area contributed by atoms with Crippen LogP contribution in [-0.4, -0.2) is 36.7 Å². The predicted molar refractivity (Wildman–Crippen MR) is 40.6 cm³/mol. The molecule has 2 aliphatic rings. The predicted octanol–water partition coefficient (Wildman–Crippen LogP) is -0.661. The second-order valence-electron chi connectivity index (χ2n) is 3.36. The molecule has 0 aromatic heterocycles. The highest BCUT2D eigenvalue weighted by Gasteiger charge is 2.30. The van der Waals surface area contributed by atoms with E-state index in [1.165, 1.54) is 12.8 Å².